The Hall–Kier alpha value is -3.62. The number of carbonyl (C=O) groups is 2. The standard InChI is InChI=1S/C55H90N2O6/c1-3-5-7-9-11-13-15-17-19-21-23-25-27-29-31-33-53(62)56-49-39-35-47(36-40-49)43-51(60)55(45-58,46-59)52(61)44-48-37-41-50(42-38-48)57-54(63)34-32-30-28-26-24-22-20-18-16-14-12-10-8-6-4-2/h35-44,58-61H,3-34,45-46H2,1-2H3,(H,56,62)(H,57,63). The summed E-state index contributed by atoms with van der Waals surface area (Å²) in [6.45, 7) is 3.05. The van der Waals surface area contributed by atoms with Crippen LogP contribution in [-0.4, -0.2) is 45.5 Å². The monoisotopic (exact) mass is 875 g/mol. The van der Waals surface area contributed by atoms with Gasteiger partial charge in [-0.05, 0) is 60.4 Å². The van der Waals surface area contributed by atoms with Crippen molar-refractivity contribution in [1.82, 2.24) is 0 Å². The first-order valence-corrected chi connectivity index (χ1v) is 25.6. The van der Waals surface area contributed by atoms with Crippen LogP contribution in [0.25, 0.3) is 12.2 Å². The van der Waals surface area contributed by atoms with Crippen LogP contribution in [0.2, 0.25) is 0 Å². The molecule has 0 aromatic heterocycles. The van der Waals surface area contributed by atoms with Crippen molar-refractivity contribution < 1.29 is 30.0 Å². The van der Waals surface area contributed by atoms with Gasteiger partial charge in [0.1, 0.15) is 16.9 Å². The van der Waals surface area contributed by atoms with Crippen molar-refractivity contribution in [2.24, 2.45) is 5.41 Å². The molecule has 0 atom stereocenters. The first-order valence-electron chi connectivity index (χ1n) is 25.6. The van der Waals surface area contributed by atoms with Gasteiger partial charge in [0.25, 0.3) is 0 Å². The molecule has 8 heteroatoms. The molecule has 2 aromatic carbocycles. The van der Waals surface area contributed by atoms with Gasteiger partial charge in [-0.15, -0.1) is 0 Å². The van der Waals surface area contributed by atoms with Crippen molar-refractivity contribution in [2.45, 2.75) is 219 Å². The van der Waals surface area contributed by atoms with Gasteiger partial charge in [-0.3, -0.25) is 9.59 Å². The Morgan fingerprint density at radius 3 is 0.889 bits per heavy atom. The van der Waals surface area contributed by atoms with E-state index < -0.39 is 30.1 Å². The molecular formula is C55H90N2O6. The van der Waals surface area contributed by atoms with Gasteiger partial charge < -0.3 is 31.1 Å². The molecule has 0 aliphatic heterocycles. The molecule has 0 aliphatic rings. The fourth-order valence-corrected chi connectivity index (χ4v) is 8.18. The van der Waals surface area contributed by atoms with Crippen LogP contribution in [0.1, 0.15) is 230 Å². The molecule has 2 aromatic rings. The third kappa shape index (κ3) is 26.1. The highest BCUT2D eigenvalue weighted by Crippen LogP contribution is 2.35. The molecule has 2 rings (SSSR count). The van der Waals surface area contributed by atoms with E-state index in [4.69, 9.17) is 0 Å². The number of hydrogen-bond donors (Lipinski definition) is 6. The normalized spacial score (nSPS) is 12.2. The van der Waals surface area contributed by atoms with Crippen molar-refractivity contribution >= 4 is 35.3 Å². The lowest BCUT2D eigenvalue weighted by molar-refractivity contribution is -0.117. The van der Waals surface area contributed by atoms with Crippen molar-refractivity contribution in [3.05, 3.63) is 71.2 Å². The Kier molecular flexibility index (Phi) is 32.3. The molecule has 63 heavy (non-hydrogen) atoms. The zero-order chi connectivity index (χ0) is 45.6. The predicted octanol–water partition coefficient (Wildman–Crippen LogP) is 15.6. The molecule has 0 unspecified atom stereocenters. The number of rotatable bonds is 40. The quantitative estimate of drug-likeness (QED) is 0.0291. The molecule has 0 fully saturated rings. The molecule has 0 saturated carbocycles. The van der Waals surface area contributed by atoms with Crippen LogP contribution >= 0.6 is 0 Å². The summed E-state index contributed by atoms with van der Waals surface area (Å²) < 4.78 is 0. The average molecular weight is 875 g/mol. The van der Waals surface area contributed by atoms with Crippen LogP contribution in [0.5, 0.6) is 0 Å². The second kappa shape index (κ2) is 36.7. The fourth-order valence-electron chi connectivity index (χ4n) is 8.18. The number of aliphatic hydroxyl groups excluding tert-OH is 4. The van der Waals surface area contributed by atoms with E-state index in [-0.39, 0.29) is 11.8 Å². The highest BCUT2D eigenvalue weighted by molar-refractivity contribution is 5.91. The number of aliphatic hydroxyl groups is 4. The summed E-state index contributed by atoms with van der Waals surface area (Å²) >= 11 is 0. The Labute approximate surface area is 383 Å². The Balaban J connectivity index is 1.68. The van der Waals surface area contributed by atoms with E-state index in [1.54, 1.807) is 48.5 Å². The average Bonchev–Trinajstić information content (AvgIpc) is 3.28. The molecule has 8 nitrogen and oxygen atoms in total. The summed E-state index contributed by atoms with van der Waals surface area (Å²) in [7, 11) is 0. The molecule has 0 bridgehead atoms. The first kappa shape index (κ1) is 55.5. The second-order valence-electron chi connectivity index (χ2n) is 18.2. The SMILES string of the molecule is CCCCCCCCCCCCCCCCCC(=O)Nc1ccc(C=C(O)C(CO)(CO)C(O)=Cc2ccc(NC(=O)CCCCCCCCCCCCCCCCC)cc2)cc1. The van der Waals surface area contributed by atoms with Crippen LogP contribution in [0, 0.1) is 5.41 Å². The maximum atomic E-state index is 12.6. The van der Waals surface area contributed by atoms with Crippen molar-refractivity contribution in [3.8, 4) is 0 Å². The van der Waals surface area contributed by atoms with Gasteiger partial charge in [0, 0.05) is 24.2 Å². The van der Waals surface area contributed by atoms with Crippen LogP contribution in [0.4, 0.5) is 11.4 Å². The molecule has 0 spiro atoms. The molecule has 0 radical (unpaired) electrons. The third-order valence-electron chi connectivity index (χ3n) is 12.5. The minimum atomic E-state index is -1.83. The minimum absolute atomic E-state index is 0.0312. The number of anilines is 2. The van der Waals surface area contributed by atoms with E-state index in [2.05, 4.69) is 24.5 Å². The fraction of sp³-hybridized carbons (Fsp3) is 0.673. The van der Waals surface area contributed by atoms with Gasteiger partial charge in [0.15, 0.2) is 0 Å². The van der Waals surface area contributed by atoms with Gasteiger partial charge in [0.2, 0.25) is 11.8 Å². The lowest BCUT2D eigenvalue weighted by Gasteiger charge is -2.28. The third-order valence-corrected chi connectivity index (χ3v) is 12.5. The lowest BCUT2D eigenvalue weighted by Crippen LogP contribution is -2.34. The Morgan fingerprint density at radius 2 is 0.651 bits per heavy atom. The predicted molar refractivity (Wildman–Crippen MR) is 267 cm³/mol. The van der Waals surface area contributed by atoms with Crippen molar-refractivity contribution in [3.63, 3.8) is 0 Å². The Bertz CT molecular complexity index is 1390. The minimum Gasteiger partial charge on any atom is -0.511 e. The van der Waals surface area contributed by atoms with Crippen LogP contribution in [0.3, 0.4) is 0 Å². The molecule has 0 aliphatic carbocycles. The number of benzene rings is 2. The van der Waals surface area contributed by atoms with E-state index in [0.717, 1.165) is 38.5 Å². The van der Waals surface area contributed by atoms with Gasteiger partial charge in [-0.25, -0.2) is 0 Å². The molecular weight excluding hydrogens is 785 g/mol. The maximum absolute atomic E-state index is 12.6. The van der Waals surface area contributed by atoms with Gasteiger partial charge in [0.05, 0.1) is 13.2 Å². The van der Waals surface area contributed by atoms with Crippen LogP contribution in [-0.2, 0) is 9.59 Å². The highest BCUT2D eigenvalue weighted by Gasteiger charge is 2.38. The number of hydrogen-bond acceptors (Lipinski definition) is 6. The van der Waals surface area contributed by atoms with Gasteiger partial charge in [-0.2, -0.15) is 0 Å². The number of amides is 2. The number of unbranched alkanes of at least 4 members (excludes halogenated alkanes) is 28. The van der Waals surface area contributed by atoms with E-state index >= 15 is 0 Å². The van der Waals surface area contributed by atoms with Crippen LogP contribution in [0.15, 0.2) is 60.0 Å². The van der Waals surface area contributed by atoms with Crippen LogP contribution < -0.4 is 10.6 Å². The van der Waals surface area contributed by atoms with Gasteiger partial charge >= 0.3 is 0 Å². The summed E-state index contributed by atoms with van der Waals surface area (Å²) in [6.07, 6.45) is 42.2. The molecule has 6 N–H and O–H groups in total. The lowest BCUT2D eigenvalue weighted by atomic mass is 9.83. The largest absolute Gasteiger partial charge is 0.511 e. The number of nitrogens with one attached hydrogen (secondary N) is 2. The zero-order valence-corrected chi connectivity index (χ0v) is 39.9. The summed E-state index contributed by atoms with van der Waals surface area (Å²) in [6, 6.07) is 13.8. The number of carbonyl (C=O) groups excluding carboxylic acids is 2. The summed E-state index contributed by atoms with van der Waals surface area (Å²) in [4.78, 5) is 25.1. The van der Waals surface area contributed by atoms with E-state index in [1.165, 1.54) is 166 Å². The maximum Gasteiger partial charge on any atom is 0.224 e. The van der Waals surface area contributed by atoms with Crippen molar-refractivity contribution in [2.75, 3.05) is 23.8 Å². The molecule has 2 amide bonds. The smallest absolute Gasteiger partial charge is 0.224 e. The summed E-state index contributed by atoms with van der Waals surface area (Å²) in [5.74, 6) is -0.879. The van der Waals surface area contributed by atoms with Crippen molar-refractivity contribution in [1.29, 1.82) is 0 Å². The highest BCUT2D eigenvalue weighted by atomic mass is 16.3. The zero-order valence-electron chi connectivity index (χ0n) is 39.9. The molecule has 0 saturated heterocycles. The molecule has 356 valence electrons. The topological polar surface area (TPSA) is 139 Å². The summed E-state index contributed by atoms with van der Waals surface area (Å²) in [5, 5.41) is 48.7. The second-order valence-corrected chi connectivity index (χ2v) is 18.2. The Morgan fingerprint density at radius 1 is 0.413 bits per heavy atom. The van der Waals surface area contributed by atoms with E-state index in [1.807, 2.05) is 0 Å². The summed E-state index contributed by atoms with van der Waals surface area (Å²) in [5.41, 5.74) is 0.578. The molecule has 0 heterocycles. The first-order chi connectivity index (χ1) is 30.8. The van der Waals surface area contributed by atoms with E-state index in [0.29, 0.717) is 35.3 Å². The van der Waals surface area contributed by atoms with Gasteiger partial charge in [-0.1, -0.05) is 218 Å². The van der Waals surface area contributed by atoms with E-state index in [9.17, 15) is 30.0 Å².